The molecule has 0 aliphatic heterocycles. The predicted molar refractivity (Wildman–Crippen MR) is 66.7 cm³/mol. The highest BCUT2D eigenvalue weighted by molar-refractivity contribution is 7.99. The lowest BCUT2D eigenvalue weighted by molar-refractivity contribution is 0.158. The maximum Gasteiger partial charge on any atom is 0.0760 e. The molecule has 15 heavy (non-hydrogen) atoms. The topological polar surface area (TPSA) is 23.5 Å². The fourth-order valence-electron chi connectivity index (χ4n) is 1.22. The molecule has 0 heterocycles. The molecule has 0 saturated heterocycles. The van der Waals surface area contributed by atoms with Gasteiger partial charge >= 0.3 is 0 Å². The van der Waals surface area contributed by atoms with E-state index in [0.717, 1.165) is 9.92 Å². The van der Waals surface area contributed by atoms with E-state index in [4.69, 9.17) is 11.6 Å². The molecule has 1 unspecified atom stereocenters. The summed E-state index contributed by atoms with van der Waals surface area (Å²) in [7, 11) is 3.90. The van der Waals surface area contributed by atoms with E-state index in [2.05, 4.69) is 0 Å². The van der Waals surface area contributed by atoms with Crippen molar-refractivity contribution in [3.63, 3.8) is 0 Å². The zero-order valence-electron chi connectivity index (χ0n) is 8.98. The molecule has 0 aliphatic carbocycles. The maximum absolute atomic E-state index is 9.65. The number of benzene rings is 1. The highest BCUT2D eigenvalue weighted by Gasteiger charge is 2.06. The molecular formula is C11H16ClNOS. The lowest BCUT2D eigenvalue weighted by Gasteiger charge is -2.15. The lowest BCUT2D eigenvalue weighted by atomic mass is 10.4. The minimum atomic E-state index is -0.302. The Bertz CT molecular complexity index is 306. The minimum absolute atomic E-state index is 0.302. The summed E-state index contributed by atoms with van der Waals surface area (Å²) in [6, 6.07) is 7.68. The van der Waals surface area contributed by atoms with Gasteiger partial charge in [0.1, 0.15) is 0 Å². The molecule has 0 amide bonds. The SMILES string of the molecule is CN(C)CC(O)CSc1cccc(Cl)c1. The van der Waals surface area contributed by atoms with Crippen LogP contribution in [0.3, 0.4) is 0 Å². The van der Waals surface area contributed by atoms with Gasteiger partial charge in [-0.15, -0.1) is 11.8 Å². The van der Waals surface area contributed by atoms with Crippen molar-refractivity contribution in [2.45, 2.75) is 11.0 Å². The van der Waals surface area contributed by atoms with Crippen LogP contribution in [-0.4, -0.2) is 42.5 Å². The quantitative estimate of drug-likeness (QED) is 0.806. The third-order valence-corrected chi connectivity index (χ3v) is 3.19. The molecule has 0 bridgehead atoms. The molecule has 0 aliphatic rings. The molecule has 1 atom stereocenters. The van der Waals surface area contributed by atoms with Crippen molar-refractivity contribution in [2.24, 2.45) is 0 Å². The largest absolute Gasteiger partial charge is 0.391 e. The van der Waals surface area contributed by atoms with Crippen LogP contribution in [0.5, 0.6) is 0 Å². The number of halogens is 1. The van der Waals surface area contributed by atoms with E-state index in [1.165, 1.54) is 0 Å². The Balaban J connectivity index is 2.36. The Morgan fingerprint density at radius 1 is 1.47 bits per heavy atom. The fraction of sp³-hybridized carbons (Fsp3) is 0.455. The average molecular weight is 246 g/mol. The summed E-state index contributed by atoms with van der Waals surface area (Å²) >= 11 is 7.48. The first-order chi connectivity index (χ1) is 7.08. The van der Waals surface area contributed by atoms with E-state index in [9.17, 15) is 5.11 Å². The van der Waals surface area contributed by atoms with Crippen LogP contribution in [-0.2, 0) is 0 Å². The van der Waals surface area contributed by atoms with Gasteiger partial charge in [-0.25, -0.2) is 0 Å². The number of hydrogen-bond acceptors (Lipinski definition) is 3. The molecule has 0 radical (unpaired) electrons. The first-order valence-electron chi connectivity index (χ1n) is 4.79. The molecule has 4 heteroatoms. The van der Waals surface area contributed by atoms with Gasteiger partial charge in [0.05, 0.1) is 6.10 Å². The fourth-order valence-corrected chi connectivity index (χ4v) is 2.35. The predicted octanol–water partition coefficient (Wildman–Crippen LogP) is 2.35. The number of aliphatic hydroxyl groups is 1. The van der Waals surface area contributed by atoms with Crippen LogP contribution in [0.25, 0.3) is 0 Å². The Kier molecular flexibility index (Phi) is 5.47. The van der Waals surface area contributed by atoms with Gasteiger partial charge in [0.15, 0.2) is 0 Å². The van der Waals surface area contributed by atoms with Crippen molar-refractivity contribution in [2.75, 3.05) is 26.4 Å². The summed E-state index contributed by atoms with van der Waals surface area (Å²) in [6.45, 7) is 0.688. The second-order valence-corrected chi connectivity index (χ2v) is 5.21. The van der Waals surface area contributed by atoms with Gasteiger partial charge in [-0.3, -0.25) is 0 Å². The van der Waals surface area contributed by atoms with Crippen LogP contribution in [0.1, 0.15) is 0 Å². The smallest absolute Gasteiger partial charge is 0.0760 e. The minimum Gasteiger partial charge on any atom is -0.391 e. The first kappa shape index (κ1) is 12.8. The molecule has 1 aromatic carbocycles. The van der Waals surface area contributed by atoms with Crippen molar-refractivity contribution in [3.8, 4) is 0 Å². The van der Waals surface area contributed by atoms with Crippen LogP contribution in [0, 0.1) is 0 Å². The van der Waals surface area contributed by atoms with Gasteiger partial charge in [-0.1, -0.05) is 17.7 Å². The lowest BCUT2D eigenvalue weighted by Crippen LogP contribution is -2.27. The standard InChI is InChI=1S/C11H16ClNOS/c1-13(2)7-10(14)8-15-11-5-3-4-9(12)6-11/h3-6,10,14H,7-8H2,1-2H3. The van der Waals surface area contributed by atoms with Gasteiger partial charge in [0.2, 0.25) is 0 Å². The highest BCUT2D eigenvalue weighted by atomic mass is 35.5. The molecule has 84 valence electrons. The summed E-state index contributed by atoms with van der Waals surface area (Å²) < 4.78 is 0. The molecule has 2 nitrogen and oxygen atoms in total. The van der Waals surface area contributed by atoms with Crippen molar-refractivity contribution in [1.82, 2.24) is 4.90 Å². The van der Waals surface area contributed by atoms with E-state index in [0.29, 0.717) is 12.3 Å². The Hall–Kier alpha value is -0.220. The number of likely N-dealkylation sites (N-methyl/N-ethyl adjacent to an activating group) is 1. The van der Waals surface area contributed by atoms with Crippen LogP contribution in [0.2, 0.25) is 5.02 Å². The number of rotatable bonds is 5. The molecule has 1 aromatic rings. The molecule has 1 N–H and O–H groups in total. The summed E-state index contributed by atoms with van der Waals surface area (Å²) in [5.41, 5.74) is 0. The van der Waals surface area contributed by atoms with Crippen LogP contribution in [0.15, 0.2) is 29.2 Å². The molecular weight excluding hydrogens is 230 g/mol. The molecule has 0 aromatic heterocycles. The van der Waals surface area contributed by atoms with E-state index in [-0.39, 0.29) is 6.10 Å². The normalized spacial score (nSPS) is 13.1. The van der Waals surface area contributed by atoms with Crippen LogP contribution >= 0.6 is 23.4 Å². The molecule has 1 rings (SSSR count). The number of thioether (sulfide) groups is 1. The molecule has 0 saturated carbocycles. The molecule has 0 spiro atoms. The van der Waals surface area contributed by atoms with E-state index in [1.54, 1.807) is 11.8 Å². The molecule has 0 fully saturated rings. The zero-order chi connectivity index (χ0) is 11.3. The van der Waals surface area contributed by atoms with Gasteiger partial charge in [-0.05, 0) is 32.3 Å². The number of aliphatic hydroxyl groups excluding tert-OH is 1. The van der Waals surface area contributed by atoms with Gasteiger partial charge in [0.25, 0.3) is 0 Å². The van der Waals surface area contributed by atoms with Gasteiger partial charge in [0, 0.05) is 22.2 Å². The maximum atomic E-state index is 9.65. The Labute approximate surface area is 100 Å². The first-order valence-corrected chi connectivity index (χ1v) is 6.15. The third kappa shape index (κ3) is 5.42. The van der Waals surface area contributed by atoms with Gasteiger partial charge in [-0.2, -0.15) is 0 Å². The summed E-state index contributed by atoms with van der Waals surface area (Å²) in [4.78, 5) is 3.07. The monoisotopic (exact) mass is 245 g/mol. The van der Waals surface area contributed by atoms with Crippen molar-refractivity contribution in [3.05, 3.63) is 29.3 Å². The summed E-state index contributed by atoms with van der Waals surface area (Å²) in [6.07, 6.45) is -0.302. The Morgan fingerprint density at radius 3 is 2.80 bits per heavy atom. The second-order valence-electron chi connectivity index (χ2n) is 3.68. The summed E-state index contributed by atoms with van der Waals surface area (Å²) in [5.74, 6) is 0.693. The third-order valence-electron chi connectivity index (χ3n) is 1.81. The van der Waals surface area contributed by atoms with E-state index >= 15 is 0 Å². The van der Waals surface area contributed by atoms with Crippen LogP contribution in [0.4, 0.5) is 0 Å². The number of nitrogens with zero attached hydrogens (tertiary/aromatic N) is 1. The highest BCUT2D eigenvalue weighted by Crippen LogP contribution is 2.22. The van der Waals surface area contributed by atoms with Crippen molar-refractivity contribution >= 4 is 23.4 Å². The van der Waals surface area contributed by atoms with Crippen LogP contribution < -0.4 is 0 Å². The number of hydrogen-bond donors (Lipinski definition) is 1. The zero-order valence-corrected chi connectivity index (χ0v) is 10.6. The van der Waals surface area contributed by atoms with E-state index < -0.39 is 0 Å². The van der Waals surface area contributed by atoms with E-state index in [1.807, 2.05) is 43.3 Å². The van der Waals surface area contributed by atoms with Crippen molar-refractivity contribution < 1.29 is 5.11 Å². The van der Waals surface area contributed by atoms with Gasteiger partial charge < -0.3 is 10.0 Å². The average Bonchev–Trinajstić information content (AvgIpc) is 2.14. The second kappa shape index (κ2) is 6.38. The van der Waals surface area contributed by atoms with Crippen molar-refractivity contribution in [1.29, 1.82) is 0 Å². The summed E-state index contributed by atoms with van der Waals surface area (Å²) in [5, 5.41) is 10.4. The Morgan fingerprint density at radius 2 is 2.20 bits per heavy atom.